The van der Waals surface area contributed by atoms with Crippen LogP contribution in [0.5, 0.6) is 0 Å². The molecule has 0 aliphatic rings. The monoisotopic (exact) mass is 253 g/mol. The summed E-state index contributed by atoms with van der Waals surface area (Å²) < 4.78 is 5.66. The van der Waals surface area contributed by atoms with Gasteiger partial charge in [0.25, 0.3) is 0 Å². The van der Waals surface area contributed by atoms with Gasteiger partial charge in [-0.25, -0.2) is 0 Å². The fourth-order valence-corrected chi connectivity index (χ4v) is 1.30. The van der Waals surface area contributed by atoms with E-state index in [9.17, 15) is 4.79 Å². The van der Waals surface area contributed by atoms with Crippen LogP contribution in [-0.2, 0) is 16.1 Å². The Bertz CT molecular complexity index is 396. The third-order valence-electron chi connectivity index (χ3n) is 1.61. The molecule has 1 aromatic rings. The van der Waals surface area contributed by atoms with Gasteiger partial charge in [-0.15, -0.1) is 0 Å². The number of rotatable bonds is 2. The fraction of sp³-hybridized carbons (Fsp3) is 0.200. The highest BCUT2D eigenvalue weighted by molar-refractivity contribution is 9.10. The molecule has 3 nitrogen and oxygen atoms in total. The van der Waals surface area contributed by atoms with Crippen LogP contribution in [0.1, 0.15) is 18.1 Å². The minimum atomic E-state index is -0.334. The van der Waals surface area contributed by atoms with Gasteiger partial charge in [0, 0.05) is 17.0 Å². The highest BCUT2D eigenvalue weighted by atomic mass is 79.9. The van der Waals surface area contributed by atoms with Gasteiger partial charge in [-0.3, -0.25) is 4.79 Å². The molecule has 72 valence electrons. The summed E-state index contributed by atoms with van der Waals surface area (Å²) in [5.74, 6) is -0.334. The quantitative estimate of drug-likeness (QED) is 0.761. The lowest BCUT2D eigenvalue weighted by molar-refractivity contribution is -0.142. The Hall–Kier alpha value is -1.34. The second kappa shape index (κ2) is 4.77. The van der Waals surface area contributed by atoms with E-state index in [0.29, 0.717) is 5.56 Å². The summed E-state index contributed by atoms with van der Waals surface area (Å²) in [5, 5.41) is 8.66. The first-order valence-corrected chi connectivity index (χ1v) is 4.74. The maximum absolute atomic E-state index is 10.6. The molecular weight excluding hydrogens is 246 g/mol. The van der Waals surface area contributed by atoms with Crippen molar-refractivity contribution in [3.05, 3.63) is 33.8 Å². The van der Waals surface area contributed by atoms with Crippen LogP contribution in [0.15, 0.2) is 22.7 Å². The Morgan fingerprint density at radius 1 is 1.64 bits per heavy atom. The highest BCUT2D eigenvalue weighted by Crippen LogP contribution is 2.18. The van der Waals surface area contributed by atoms with Gasteiger partial charge in [-0.2, -0.15) is 5.26 Å². The lowest BCUT2D eigenvalue weighted by Crippen LogP contribution is -1.99. The molecule has 0 aromatic heterocycles. The Labute approximate surface area is 90.4 Å². The maximum atomic E-state index is 10.6. The lowest BCUT2D eigenvalue weighted by Gasteiger charge is -2.04. The number of halogens is 1. The van der Waals surface area contributed by atoms with Crippen molar-refractivity contribution in [2.45, 2.75) is 13.5 Å². The van der Waals surface area contributed by atoms with E-state index >= 15 is 0 Å². The molecule has 0 spiro atoms. The van der Waals surface area contributed by atoms with Crippen LogP contribution >= 0.6 is 15.9 Å². The molecule has 0 saturated heterocycles. The van der Waals surface area contributed by atoms with Crippen LogP contribution in [0.25, 0.3) is 0 Å². The molecule has 0 radical (unpaired) electrons. The van der Waals surface area contributed by atoms with E-state index in [1.807, 2.05) is 6.07 Å². The Balaban J connectivity index is 2.85. The van der Waals surface area contributed by atoms with Crippen LogP contribution in [0.4, 0.5) is 0 Å². The van der Waals surface area contributed by atoms with Gasteiger partial charge in [0.15, 0.2) is 0 Å². The number of carbonyl (C=O) groups excluding carboxylic acids is 1. The normalized spacial score (nSPS) is 9.21. The summed E-state index contributed by atoms with van der Waals surface area (Å²) in [6.07, 6.45) is 0. The number of carbonyl (C=O) groups is 1. The topological polar surface area (TPSA) is 50.1 Å². The number of nitriles is 1. The van der Waals surface area contributed by atoms with E-state index in [-0.39, 0.29) is 12.6 Å². The van der Waals surface area contributed by atoms with Crippen molar-refractivity contribution in [2.75, 3.05) is 0 Å². The SMILES string of the molecule is CC(=O)OCc1cc(C#N)ccc1Br. The van der Waals surface area contributed by atoms with Crippen LogP contribution in [0.2, 0.25) is 0 Å². The van der Waals surface area contributed by atoms with Crippen molar-refractivity contribution in [2.24, 2.45) is 0 Å². The first kappa shape index (κ1) is 10.7. The van der Waals surface area contributed by atoms with Gasteiger partial charge in [0.2, 0.25) is 0 Å². The molecule has 1 aromatic carbocycles. The molecule has 0 aliphatic heterocycles. The van der Waals surface area contributed by atoms with Crippen molar-refractivity contribution < 1.29 is 9.53 Å². The van der Waals surface area contributed by atoms with Gasteiger partial charge in [-0.1, -0.05) is 15.9 Å². The molecule has 0 amide bonds. The second-order valence-electron chi connectivity index (χ2n) is 2.70. The molecule has 0 bridgehead atoms. The van der Waals surface area contributed by atoms with E-state index in [2.05, 4.69) is 15.9 Å². The number of hydrogen-bond donors (Lipinski definition) is 0. The standard InChI is InChI=1S/C10H8BrNO2/c1-7(13)14-6-9-4-8(5-12)2-3-10(9)11/h2-4H,6H2,1H3. The predicted molar refractivity (Wildman–Crippen MR) is 54.3 cm³/mol. The molecule has 0 saturated carbocycles. The van der Waals surface area contributed by atoms with Crippen LogP contribution in [-0.4, -0.2) is 5.97 Å². The highest BCUT2D eigenvalue weighted by Gasteiger charge is 2.03. The maximum Gasteiger partial charge on any atom is 0.302 e. The van der Waals surface area contributed by atoms with Gasteiger partial charge < -0.3 is 4.74 Å². The largest absolute Gasteiger partial charge is 0.461 e. The van der Waals surface area contributed by atoms with E-state index in [1.54, 1.807) is 18.2 Å². The molecule has 0 heterocycles. The first-order valence-electron chi connectivity index (χ1n) is 3.95. The van der Waals surface area contributed by atoms with E-state index in [0.717, 1.165) is 10.0 Å². The number of ether oxygens (including phenoxy) is 1. The van der Waals surface area contributed by atoms with Crippen molar-refractivity contribution in [3.8, 4) is 6.07 Å². The second-order valence-corrected chi connectivity index (χ2v) is 3.55. The summed E-state index contributed by atoms with van der Waals surface area (Å²) in [5.41, 5.74) is 1.34. The molecule has 0 fully saturated rings. The van der Waals surface area contributed by atoms with Crippen molar-refractivity contribution in [1.82, 2.24) is 0 Å². The minimum absolute atomic E-state index is 0.186. The Morgan fingerprint density at radius 3 is 2.93 bits per heavy atom. The van der Waals surface area contributed by atoms with E-state index in [1.165, 1.54) is 6.92 Å². The van der Waals surface area contributed by atoms with Crippen molar-refractivity contribution >= 4 is 21.9 Å². The zero-order valence-corrected chi connectivity index (χ0v) is 9.17. The van der Waals surface area contributed by atoms with Crippen LogP contribution < -0.4 is 0 Å². The molecule has 0 aliphatic carbocycles. The van der Waals surface area contributed by atoms with Crippen LogP contribution in [0.3, 0.4) is 0 Å². The number of nitrogens with zero attached hydrogens (tertiary/aromatic N) is 1. The van der Waals surface area contributed by atoms with E-state index < -0.39 is 0 Å². The third-order valence-corrected chi connectivity index (χ3v) is 2.38. The van der Waals surface area contributed by atoms with Crippen molar-refractivity contribution in [3.63, 3.8) is 0 Å². The number of benzene rings is 1. The molecule has 0 atom stereocenters. The average Bonchev–Trinajstić information content (AvgIpc) is 2.16. The summed E-state index contributed by atoms with van der Waals surface area (Å²) in [6.45, 7) is 1.54. The Morgan fingerprint density at radius 2 is 2.36 bits per heavy atom. The van der Waals surface area contributed by atoms with E-state index in [4.69, 9.17) is 10.00 Å². The van der Waals surface area contributed by atoms with Crippen LogP contribution in [0, 0.1) is 11.3 Å². The van der Waals surface area contributed by atoms with Gasteiger partial charge in [0.1, 0.15) is 6.61 Å². The van der Waals surface area contributed by atoms with Gasteiger partial charge >= 0.3 is 5.97 Å². The smallest absolute Gasteiger partial charge is 0.302 e. The summed E-state index contributed by atoms with van der Waals surface area (Å²) >= 11 is 3.31. The fourth-order valence-electron chi connectivity index (χ4n) is 0.934. The molecule has 1 rings (SSSR count). The van der Waals surface area contributed by atoms with Gasteiger partial charge in [-0.05, 0) is 18.2 Å². The molecular formula is C10H8BrNO2. The molecule has 4 heteroatoms. The van der Waals surface area contributed by atoms with Crippen molar-refractivity contribution in [1.29, 1.82) is 5.26 Å². The first-order chi connectivity index (χ1) is 6.63. The zero-order chi connectivity index (χ0) is 10.6. The minimum Gasteiger partial charge on any atom is -0.461 e. The number of esters is 1. The van der Waals surface area contributed by atoms with Gasteiger partial charge in [0.05, 0.1) is 11.6 Å². The molecule has 0 N–H and O–H groups in total. The number of hydrogen-bond acceptors (Lipinski definition) is 3. The summed E-state index contributed by atoms with van der Waals surface area (Å²) in [7, 11) is 0. The molecule has 14 heavy (non-hydrogen) atoms. The Kier molecular flexibility index (Phi) is 3.66. The molecule has 0 unspecified atom stereocenters. The summed E-state index contributed by atoms with van der Waals surface area (Å²) in [4.78, 5) is 10.6. The third kappa shape index (κ3) is 2.86. The zero-order valence-electron chi connectivity index (χ0n) is 7.58. The average molecular weight is 254 g/mol. The lowest BCUT2D eigenvalue weighted by atomic mass is 10.1. The predicted octanol–water partition coefficient (Wildman–Crippen LogP) is 2.38. The summed E-state index contributed by atoms with van der Waals surface area (Å²) in [6, 6.07) is 7.17.